The van der Waals surface area contributed by atoms with Crippen LogP contribution in [0.2, 0.25) is 0 Å². The smallest absolute Gasteiger partial charge is 0.328 e. The highest BCUT2D eigenvalue weighted by Gasteiger charge is 2.18. The van der Waals surface area contributed by atoms with E-state index in [1.807, 2.05) is 0 Å². The van der Waals surface area contributed by atoms with Gasteiger partial charge < -0.3 is 25.6 Å². The van der Waals surface area contributed by atoms with Gasteiger partial charge in [0, 0.05) is 12.8 Å². The van der Waals surface area contributed by atoms with Crippen LogP contribution in [0.4, 0.5) is 0 Å². The van der Waals surface area contributed by atoms with Gasteiger partial charge in [0.15, 0.2) is 0 Å². The number of carbonyl (C=O) groups excluding carboxylic acids is 3. The third-order valence-electron chi connectivity index (χ3n) is 9.91. The Balaban J connectivity index is 4.19. The van der Waals surface area contributed by atoms with Crippen molar-refractivity contribution >= 4 is 23.8 Å². The van der Waals surface area contributed by atoms with Crippen molar-refractivity contribution in [3.05, 3.63) is 24.3 Å². The molecule has 314 valence electrons. The van der Waals surface area contributed by atoms with E-state index in [1.165, 1.54) is 122 Å². The lowest BCUT2D eigenvalue weighted by atomic mass is 10.0. The lowest BCUT2D eigenvalue weighted by molar-refractivity contribution is -0.147. The molecule has 0 rings (SSSR count). The van der Waals surface area contributed by atoms with Crippen molar-refractivity contribution in [3.63, 3.8) is 0 Å². The zero-order chi connectivity index (χ0) is 39.7. The van der Waals surface area contributed by atoms with E-state index in [2.05, 4.69) is 48.8 Å². The highest BCUT2D eigenvalue weighted by Crippen LogP contribution is 2.16. The maximum Gasteiger partial charge on any atom is 0.328 e. The van der Waals surface area contributed by atoms with Crippen molar-refractivity contribution in [2.75, 3.05) is 13.2 Å². The first-order valence-corrected chi connectivity index (χ1v) is 22.2. The first-order valence-electron chi connectivity index (χ1n) is 22.2. The van der Waals surface area contributed by atoms with Crippen LogP contribution in [-0.4, -0.2) is 59.3 Å². The molecule has 4 N–H and O–H groups in total. The van der Waals surface area contributed by atoms with Crippen molar-refractivity contribution in [1.29, 1.82) is 0 Å². The molecule has 9 nitrogen and oxygen atoms in total. The van der Waals surface area contributed by atoms with E-state index in [0.717, 1.165) is 57.8 Å². The number of unbranched alkanes of at least 4 members (excludes halogenated alkanes) is 24. The molecule has 2 atom stereocenters. The van der Waals surface area contributed by atoms with Crippen molar-refractivity contribution < 1.29 is 34.1 Å². The van der Waals surface area contributed by atoms with E-state index in [1.54, 1.807) is 0 Å². The molecule has 0 aliphatic carbocycles. The van der Waals surface area contributed by atoms with Gasteiger partial charge in [-0.1, -0.05) is 154 Å². The monoisotopic (exact) mass is 763 g/mol. The molecule has 9 heteroatoms. The molecule has 0 heterocycles. The van der Waals surface area contributed by atoms with Gasteiger partial charge in [0.2, 0.25) is 11.8 Å². The van der Waals surface area contributed by atoms with Gasteiger partial charge in [0.1, 0.15) is 12.1 Å². The van der Waals surface area contributed by atoms with E-state index in [-0.39, 0.29) is 24.5 Å². The molecule has 0 spiro atoms. The van der Waals surface area contributed by atoms with Gasteiger partial charge in [-0.2, -0.15) is 0 Å². The second-order valence-electron chi connectivity index (χ2n) is 15.1. The number of amides is 2. The first kappa shape index (κ1) is 51.3. The van der Waals surface area contributed by atoms with Crippen LogP contribution in [0.5, 0.6) is 0 Å². The average Bonchev–Trinajstić information content (AvgIpc) is 3.15. The molecular formula is C45H82N2O7. The summed E-state index contributed by atoms with van der Waals surface area (Å²) in [5.74, 6) is -2.32. The number of nitrogens with one attached hydrogen (secondary N) is 2. The van der Waals surface area contributed by atoms with Gasteiger partial charge in [-0.25, -0.2) is 4.79 Å². The van der Waals surface area contributed by atoms with Crippen LogP contribution in [0.1, 0.15) is 213 Å². The Kier molecular flexibility index (Phi) is 38.0. The Hall–Kier alpha value is -2.68. The Bertz CT molecular complexity index is 968. The zero-order valence-electron chi connectivity index (χ0n) is 34.7. The summed E-state index contributed by atoms with van der Waals surface area (Å²) >= 11 is 0. The maximum absolute atomic E-state index is 12.7. The highest BCUT2D eigenvalue weighted by molar-refractivity contribution is 5.87. The van der Waals surface area contributed by atoms with Crippen LogP contribution in [0.25, 0.3) is 0 Å². The fourth-order valence-corrected chi connectivity index (χ4v) is 6.44. The first-order chi connectivity index (χ1) is 26.3. The van der Waals surface area contributed by atoms with E-state index in [9.17, 15) is 19.2 Å². The van der Waals surface area contributed by atoms with E-state index in [0.29, 0.717) is 19.3 Å². The molecule has 0 aliphatic rings. The van der Waals surface area contributed by atoms with Crippen LogP contribution in [0.3, 0.4) is 0 Å². The Morgan fingerprint density at radius 2 is 1.00 bits per heavy atom. The third-order valence-corrected chi connectivity index (χ3v) is 9.91. The van der Waals surface area contributed by atoms with Crippen molar-refractivity contribution in [3.8, 4) is 0 Å². The number of carboxylic acids is 1. The topological polar surface area (TPSA) is 142 Å². The number of carbonyl (C=O) groups is 4. The van der Waals surface area contributed by atoms with Gasteiger partial charge in [0.25, 0.3) is 0 Å². The summed E-state index contributed by atoms with van der Waals surface area (Å²) in [5, 5.41) is 22.5. The van der Waals surface area contributed by atoms with Crippen molar-refractivity contribution in [1.82, 2.24) is 10.6 Å². The van der Waals surface area contributed by atoms with Crippen LogP contribution in [0.15, 0.2) is 24.3 Å². The van der Waals surface area contributed by atoms with Crippen molar-refractivity contribution in [2.45, 2.75) is 225 Å². The number of esters is 1. The molecule has 0 saturated carbocycles. The molecule has 0 saturated heterocycles. The quantitative estimate of drug-likeness (QED) is 0.0276. The summed E-state index contributed by atoms with van der Waals surface area (Å²) in [5.41, 5.74) is 0. The van der Waals surface area contributed by atoms with Gasteiger partial charge in [-0.15, -0.1) is 0 Å². The average molecular weight is 763 g/mol. The number of hydrogen-bond donors (Lipinski definition) is 4. The summed E-state index contributed by atoms with van der Waals surface area (Å²) in [6, 6.07) is -1.38. The predicted molar refractivity (Wildman–Crippen MR) is 222 cm³/mol. The van der Waals surface area contributed by atoms with Crippen LogP contribution < -0.4 is 10.6 Å². The second-order valence-corrected chi connectivity index (χ2v) is 15.1. The number of rotatable bonds is 40. The van der Waals surface area contributed by atoms with Gasteiger partial charge in [-0.3, -0.25) is 14.4 Å². The molecule has 0 aromatic rings. The second kappa shape index (κ2) is 40.0. The van der Waals surface area contributed by atoms with E-state index in [4.69, 9.17) is 14.9 Å². The van der Waals surface area contributed by atoms with Crippen LogP contribution >= 0.6 is 0 Å². The molecule has 0 radical (unpaired) electrons. The number of hydrogen-bond acceptors (Lipinski definition) is 6. The number of allylic oxidation sites excluding steroid dienone is 3. The van der Waals surface area contributed by atoms with Crippen LogP contribution in [-0.2, 0) is 23.9 Å². The molecule has 0 aliphatic heterocycles. The van der Waals surface area contributed by atoms with Crippen LogP contribution in [0, 0.1) is 0 Å². The molecule has 0 bridgehead atoms. The Morgan fingerprint density at radius 1 is 0.556 bits per heavy atom. The number of carboxylic acid groups (broad SMARTS) is 1. The maximum atomic E-state index is 12.7. The molecule has 0 fully saturated rings. The van der Waals surface area contributed by atoms with Gasteiger partial charge in [0.05, 0.1) is 13.2 Å². The Morgan fingerprint density at radius 3 is 1.50 bits per heavy atom. The largest absolute Gasteiger partial charge is 0.480 e. The molecular weight excluding hydrogens is 681 g/mol. The number of aliphatic hydroxyl groups is 1. The minimum Gasteiger partial charge on any atom is -0.480 e. The molecule has 2 unspecified atom stereocenters. The number of ether oxygens (including phenoxy) is 1. The molecule has 0 aromatic heterocycles. The minimum absolute atomic E-state index is 0.0807. The Labute approximate surface area is 330 Å². The number of aliphatic hydroxyl groups excluding tert-OH is 1. The molecule has 0 aromatic carbocycles. The summed E-state index contributed by atoms with van der Waals surface area (Å²) in [6.45, 7) is 3.47. The highest BCUT2D eigenvalue weighted by atomic mass is 16.5. The number of aliphatic carboxylic acids is 1. The summed E-state index contributed by atoms with van der Waals surface area (Å²) < 4.78 is 5.94. The standard InChI is InChI=1S/C45H82N2O7/c1-3-5-7-9-11-13-14-15-16-17-18-19-20-21-23-29-33-37-44(51)54-40(34-30-26-22-12-10-8-6-4-2)35-31-27-24-25-28-32-36-42(49)46-38-43(50)47-41(39-48)45(52)53/h15-16,30,34,40-41,48H,3-14,17-29,31-33,35-39H2,1-2H3,(H,46,49)(H,47,50)(H,52,53)/b16-15-,34-30-. The SMILES string of the molecule is CCCCCCCC/C=C\CCCCCCCCCC(=O)OC(/C=C\CCCCCCCC)CCCCCCCCC(=O)NCC(=O)NC(CO)C(=O)O. The van der Waals surface area contributed by atoms with Gasteiger partial charge in [-0.05, 0) is 70.3 Å². The fourth-order valence-electron chi connectivity index (χ4n) is 6.44. The lowest BCUT2D eigenvalue weighted by Gasteiger charge is -2.15. The molecule has 54 heavy (non-hydrogen) atoms. The van der Waals surface area contributed by atoms with E-state index < -0.39 is 24.5 Å². The lowest BCUT2D eigenvalue weighted by Crippen LogP contribution is -2.47. The normalized spacial score (nSPS) is 12.6. The fraction of sp³-hybridized carbons (Fsp3) is 0.822. The van der Waals surface area contributed by atoms with Crippen molar-refractivity contribution in [2.24, 2.45) is 0 Å². The third kappa shape index (κ3) is 36.3. The van der Waals surface area contributed by atoms with E-state index >= 15 is 0 Å². The van der Waals surface area contributed by atoms with Gasteiger partial charge >= 0.3 is 11.9 Å². The summed E-state index contributed by atoms with van der Waals surface area (Å²) in [7, 11) is 0. The summed E-state index contributed by atoms with van der Waals surface area (Å²) in [4.78, 5) is 47.4. The zero-order valence-corrected chi connectivity index (χ0v) is 34.7. The minimum atomic E-state index is -1.38. The summed E-state index contributed by atoms with van der Waals surface area (Å²) in [6.07, 6.45) is 43.7. The predicted octanol–water partition coefficient (Wildman–Crippen LogP) is 10.8. The molecule has 2 amide bonds.